The van der Waals surface area contributed by atoms with Crippen molar-refractivity contribution in [3.05, 3.63) is 66.3 Å². The minimum atomic E-state index is 0.503. The van der Waals surface area contributed by atoms with Crippen molar-refractivity contribution >= 4 is 0 Å². The molecule has 1 N–H and O–H groups in total. The van der Waals surface area contributed by atoms with E-state index >= 15 is 0 Å². The van der Waals surface area contributed by atoms with E-state index in [9.17, 15) is 0 Å². The van der Waals surface area contributed by atoms with Gasteiger partial charge in [-0.15, -0.1) is 0 Å². The number of aromatic nitrogens is 4. The smallest absolute Gasteiger partial charge is 0.110 e. The maximum atomic E-state index is 4.55. The molecule has 3 aromatic rings. The summed E-state index contributed by atoms with van der Waals surface area (Å²) in [6, 6.07) is 10.5. The number of rotatable bonds is 4. The fraction of sp³-hybridized carbons (Fsp3) is 0.368. The molecule has 5 heteroatoms. The quantitative estimate of drug-likeness (QED) is 0.802. The Bertz CT molecular complexity index is 775. The molecule has 0 aliphatic carbocycles. The van der Waals surface area contributed by atoms with Gasteiger partial charge in [0.2, 0.25) is 0 Å². The lowest BCUT2D eigenvalue weighted by Gasteiger charge is -2.31. The molecule has 1 aromatic carbocycles. The van der Waals surface area contributed by atoms with Crippen LogP contribution in [0.1, 0.15) is 36.1 Å². The van der Waals surface area contributed by atoms with Crippen molar-refractivity contribution in [1.82, 2.24) is 24.4 Å². The zero-order valence-electron chi connectivity index (χ0n) is 14.0. The van der Waals surface area contributed by atoms with Gasteiger partial charge >= 0.3 is 0 Å². The predicted octanol–water partition coefficient (Wildman–Crippen LogP) is 3.28. The van der Waals surface area contributed by atoms with E-state index in [0.29, 0.717) is 5.92 Å². The highest BCUT2D eigenvalue weighted by molar-refractivity contribution is 5.35. The molecular formula is C19H23N5. The first kappa shape index (κ1) is 15.1. The summed E-state index contributed by atoms with van der Waals surface area (Å²) in [6.07, 6.45) is 8.20. The van der Waals surface area contributed by atoms with Crippen LogP contribution in [0.5, 0.6) is 0 Å². The summed E-state index contributed by atoms with van der Waals surface area (Å²) in [6.45, 7) is 5.17. The number of imidazole rings is 2. The van der Waals surface area contributed by atoms with Crippen LogP contribution in [0.25, 0.3) is 5.69 Å². The number of likely N-dealkylation sites (tertiary alicyclic amines) is 1. The molecule has 1 saturated heterocycles. The SMILES string of the molecule is Cc1ncc(CN2CCC[C@@H](c3ncc[nH]3)C2)n1-c1ccccc1. The Morgan fingerprint density at radius 2 is 2.08 bits per heavy atom. The summed E-state index contributed by atoms with van der Waals surface area (Å²) >= 11 is 0. The molecule has 0 amide bonds. The minimum Gasteiger partial charge on any atom is -0.348 e. The molecule has 1 aliphatic rings. The fourth-order valence-electron chi connectivity index (χ4n) is 3.68. The van der Waals surface area contributed by atoms with Gasteiger partial charge in [0.15, 0.2) is 0 Å². The first-order valence-corrected chi connectivity index (χ1v) is 8.61. The van der Waals surface area contributed by atoms with Gasteiger partial charge in [0, 0.05) is 37.1 Å². The molecule has 0 saturated carbocycles. The molecule has 0 unspecified atom stereocenters. The van der Waals surface area contributed by atoms with Crippen molar-refractivity contribution in [1.29, 1.82) is 0 Å². The Labute approximate surface area is 142 Å². The highest BCUT2D eigenvalue weighted by atomic mass is 15.2. The van der Waals surface area contributed by atoms with Crippen molar-refractivity contribution in [2.45, 2.75) is 32.2 Å². The van der Waals surface area contributed by atoms with Crippen LogP contribution in [0.4, 0.5) is 0 Å². The number of H-pyrrole nitrogens is 1. The topological polar surface area (TPSA) is 49.7 Å². The number of hydrogen-bond acceptors (Lipinski definition) is 3. The molecule has 1 fully saturated rings. The third kappa shape index (κ3) is 2.99. The number of nitrogens with one attached hydrogen (secondary N) is 1. The predicted molar refractivity (Wildman–Crippen MR) is 94.1 cm³/mol. The second-order valence-electron chi connectivity index (χ2n) is 6.52. The summed E-state index contributed by atoms with van der Waals surface area (Å²) < 4.78 is 2.26. The molecule has 0 spiro atoms. The molecule has 1 atom stereocenters. The molecule has 124 valence electrons. The molecule has 0 radical (unpaired) electrons. The number of piperidine rings is 1. The molecular weight excluding hydrogens is 298 g/mol. The van der Waals surface area contributed by atoms with E-state index in [2.05, 4.69) is 55.6 Å². The van der Waals surface area contributed by atoms with E-state index in [1.165, 1.54) is 24.2 Å². The van der Waals surface area contributed by atoms with Gasteiger partial charge in [0.25, 0.3) is 0 Å². The number of nitrogens with zero attached hydrogens (tertiary/aromatic N) is 4. The molecule has 0 bridgehead atoms. The van der Waals surface area contributed by atoms with Gasteiger partial charge in [0.05, 0.1) is 11.9 Å². The lowest BCUT2D eigenvalue weighted by Crippen LogP contribution is -2.34. The van der Waals surface area contributed by atoms with E-state index in [1.54, 1.807) is 0 Å². The zero-order chi connectivity index (χ0) is 16.4. The summed E-state index contributed by atoms with van der Waals surface area (Å²) in [5.41, 5.74) is 2.43. The summed E-state index contributed by atoms with van der Waals surface area (Å²) in [4.78, 5) is 14.8. The van der Waals surface area contributed by atoms with Crippen molar-refractivity contribution in [2.75, 3.05) is 13.1 Å². The maximum Gasteiger partial charge on any atom is 0.110 e. The molecule has 2 aromatic heterocycles. The Morgan fingerprint density at radius 3 is 2.88 bits per heavy atom. The largest absolute Gasteiger partial charge is 0.348 e. The van der Waals surface area contributed by atoms with Gasteiger partial charge in [-0.3, -0.25) is 9.47 Å². The maximum absolute atomic E-state index is 4.55. The van der Waals surface area contributed by atoms with E-state index in [1.807, 2.05) is 24.7 Å². The van der Waals surface area contributed by atoms with Crippen LogP contribution < -0.4 is 0 Å². The normalized spacial score (nSPS) is 18.8. The van der Waals surface area contributed by atoms with Crippen molar-refractivity contribution < 1.29 is 0 Å². The third-order valence-corrected chi connectivity index (χ3v) is 4.82. The van der Waals surface area contributed by atoms with E-state index < -0.39 is 0 Å². The summed E-state index contributed by atoms with van der Waals surface area (Å²) in [5, 5.41) is 0. The van der Waals surface area contributed by atoms with Gasteiger partial charge < -0.3 is 4.98 Å². The standard InChI is InChI=1S/C19H23N5/c1-15-22-12-18(24(15)17-7-3-2-4-8-17)14-23-11-5-6-16(13-23)19-20-9-10-21-19/h2-4,7-10,12,16H,5-6,11,13-14H2,1H3,(H,20,21)/t16-/m1/s1. The number of para-hydroxylation sites is 1. The van der Waals surface area contributed by atoms with Crippen LogP contribution in [-0.4, -0.2) is 37.5 Å². The molecule has 3 heterocycles. The summed E-state index contributed by atoms with van der Waals surface area (Å²) in [7, 11) is 0. The van der Waals surface area contributed by atoms with Gasteiger partial charge in [-0.05, 0) is 38.4 Å². The zero-order valence-corrected chi connectivity index (χ0v) is 14.0. The van der Waals surface area contributed by atoms with Crippen LogP contribution in [0, 0.1) is 6.92 Å². The number of hydrogen-bond donors (Lipinski definition) is 1. The second kappa shape index (κ2) is 6.61. The molecule has 24 heavy (non-hydrogen) atoms. The Hall–Kier alpha value is -2.40. The van der Waals surface area contributed by atoms with Gasteiger partial charge in [-0.2, -0.15) is 0 Å². The van der Waals surface area contributed by atoms with E-state index in [4.69, 9.17) is 0 Å². The number of aromatic amines is 1. The van der Waals surface area contributed by atoms with Crippen LogP contribution in [0.2, 0.25) is 0 Å². The average Bonchev–Trinajstić information content (AvgIpc) is 3.26. The highest BCUT2D eigenvalue weighted by Gasteiger charge is 2.24. The Balaban J connectivity index is 1.54. The van der Waals surface area contributed by atoms with Gasteiger partial charge in [-0.25, -0.2) is 9.97 Å². The molecule has 5 nitrogen and oxygen atoms in total. The fourth-order valence-corrected chi connectivity index (χ4v) is 3.68. The van der Waals surface area contributed by atoms with E-state index in [-0.39, 0.29) is 0 Å². The van der Waals surface area contributed by atoms with Crippen LogP contribution >= 0.6 is 0 Å². The minimum absolute atomic E-state index is 0.503. The number of benzene rings is 1. The third-order valence-electron chi connectivity index (χ3n) is 4.82. The monoisotopic (exact) mass is 321 g/mol. The van der Waals surface area contributed by atoms with Crippen molar-refractivity contribution in [2.24, 2.45) is 0 Å². The van der Waals surface area contributed by atoms with Crippen molar-refractivity contribution in [3.8, 4) is 5.69 Å². The lowest BCUT2D eigenvalue weighted by atomic mass is 9.97. The van der Waals surface area contributed by atoms with Gasteiger partial charge in [0.1, 0.15) is 11.6 Å². The first-order chi connectivity index (χ1) is 11.8. The lowest BCUT2D eigenvalue weighted by molar-refractivity contribution is 0.194. The average molecular weight is 321 g/mol. The van der Waals surface area contributed by atoms with E-state index in [0.717, 1.165) is 31.3 Å². The van der Waals surface area contributed by atoms with Crippen LogP contribution in [0.3, 0.4) is 0 Å². The Kier molecular flexibility index (Phi) is 4.17. The van der Waals surface area contributed by atoms with Crippen molar-refractivity contribution in [3.63, 3.8) is 0 Å². The Morgan fingerprint density at radius 1 is 1.21 bits per heavy atom. The second-order valence-corrected chi connectivity index (χ2v) is 6.52. The molecule has 4 rings (SSSR count). The number of aryl methyl sites for hydroxylation is 1. The molecule has 1 aliphatic heterocycles. The van der Waals surface area contributed by atoms with Gasteiger partial charge in [-0.1, -0.05) is 18.2 Å². The first-order valence-electron chi connectivity index (χ1n) is 8.61. The highest BCUT2D eigenvalue weighted by Crippen LogP contribution is 2.26. The van der Waals surface area contributed by atoms with Crippen LogP contribution in [0.15, 0.2) is 48.9 Å². The van der Waals surface area contributed by atoms with Crippen LogP contribution in [-0.2, 0) is 6.54 Å². The summed E-state index contributed by atoms with van der Waals surface area (Å²) in [5.74, 6) is 2.66.